The summed E-state index contributed by atoms with van der Waals surface area (Å²) >= 11 is 0. The molecule has 0 atom stereocenters. The number of hydrogen-bond acceptors (Lipinski definition) is 4. The largest absolute Gasteiger partial charge is 0.454 e. The zero-order valence-corrected chi connectivity index (χ0v) is 10.0. The van der Waals surface area contributed by atoms with Gasteiger partial charge in [-0.15, -0.1) is 0 Å². The summed E-state index contributed by atoms with van der Waals surface area (Å²) in [5, 5.41) is 2.70. The summed E-state index contributed by atoms with van der Waals surface area (Å²) < 4.78 is 10.8. The van der Waals surface area contributed by atoms with E-state index in [1.54, 1.807) is 6.07 Å². The fourth-order valence-corrected chi connectivity index (χ4v) is 2.51. The Bertz CT molecular complexity index is 550. The van der Waals surface area contributed by atoms with Crippen molar-refractivity contribution in [2.75, 3.05) is 12.1 Å². The molecule has 0 bridgehead atoms. The first-order valence-electron chi connectivity index (χ1n) is 5.93. The molecule has 0 fully saturated rings. The normalized spacial score (nSPS) is 16.4. The van der Waals surface area contributed by atoms with Gasteiger partial charge in [-0.1, -0.05) is 0 Å². The summed E-state index contributed by atoms with van der Waals surface area (Å²) in [5.41, 5.74) is 1.98. The van der Waals surface area contributed by atoms with Crippen LogP contribution in [0.15, 0.2) is 6.07 Å². The highest BCUT2D eigenvalue weighted by molar-refractivity contribution is 6.07. The number of amides is 1. The van der Waals surface area contributed by atoms with Crippen molar-refractivity contribution in [3.8, 4) is 11.5 Å². The number of carbonyl (C=O) groups excluding carboxylic acids is 2. The van der Waals surface area contributed by atoms with Crippen LogP contribution in [0.3, 0.4) is 0 Å². The van der Waals surface area contributed by atoms with Gasteiger partial charge in [0.15, 0.2) is 17.3 Å². The fraction of sp³-hybridized carbons (Fsp3) is 0.385. The molecule has 0 spiro atoms. The zero-order chi connectivity index (χ0) is 12.7. The highest BCUT2D eigenvalue weighted by Crippen LogP contribution is 2.44. The van der Waals surface area contributed by atoms with E-state index in [1.165, 1.54) is 6.92 Å². The number of benzene rings is 1. The molecule has 0 aromatic heterocycles. The third-order valence-electron chi connectivity index (χ3n) is 3.18. The average molecular weight is 247 g/mol. The Labute approximate surface area is 104 Å². The van der Waals surface area contributed by atoms with Crippen LogP contribution in [0.25, 0.3) is 0 Å². The van der Waals surface area contributed by atoms with Crippen molar-refractivity contribution in [1.82, 2.24) is 0 Å². The van der Waals surface area contributed by atoms with Crippen molar-refractivity contribution < 1.29 is 19.1 Å². The molecular weight excluding hydrogens is 234 g/mol. The predicted octanol–water partition coefficient (Wildman–Crippen LogP) is 1.89. The SMILES string of the molecule is CC(=O)Nc1cc2c(c3c1C(=O)CCC3)OCO2. The number of carbonyl (C=O) groups is 2. The minimum absolute atomic E-state index is 0.0540. The van der Waals surface area contributed by atoms with E-state index >= 15 is 0 Å². The van der Waals surface area contributed by atoms with Gasteiger partial charge in [-0.25, -0.2) is 0 Å². The Balaban J connectivity index is 2.20. The van der Waals surface area contributed by atoms with Crippen molar-refractivity contribution in [2.45, 2.75) is 26.2 Å². The third-order valence-corrected chi connectivity index (χ3v) is 3.18. The number of anilines is 1. The van der Waals surface area contributed by atoms with Gasteiger partial charge in [-0.05, 0) is 12.8 Å². The second-order valence-corrected chi connectivity index (χ2v) is 4.47. The molecule has 5 heteroatoms. The zero-order valence-electron chi connectivity index (χ0n) is 10.0. The van der Waals surface area contributed by atoms with Crippen molar-refractivity contribution >= 4 is 17.4 Å². The lowest BCUT2D eigenvalue weighted by Gasteiger charge is -2.20. The summed E-state index contributed by atoms with van der Waals surface area (Å²) in [6.45, 7) is 1.59. The van der Waals surface area contributed by atoms with Crippen molar-refractivity contribution in [3.05, 3.63) is 17.2 Å². The van der Waals surface area contributed by atoms with E-state index in [-0.39, 0.29) is 18.5 Å². The van der Waals surface area contributed by atoms with Gasteiger partial charge in [0.1, 0.15) is 0 Å². The molecule has 1 aromatic carbocycles. The summed E-state index contributed by atoms with van der Waals surface area (Å²) in [5.74, 6) is 1.12. The van der Waals surface area contributed by atoms with Crippen LogP contribution in [0.2, 0.25) is 0 Å². The Hall–Kier alpha value is -2.04. The van der Waals surface area contributed by atoms with Crippen LogP contribution < -0.4 is 14.8 Å². The lowest BCUT2D eigenvalue weighted by Crippen LogP contribution is -2.17. The number of fused-ring (bicyclic) bond motifs is 3. The minimum atomic E-state index is -0.200. The first-order valence-corrected chi connectivity index (χ1v) is 5.93. The molecule has 1 aliphatic carbocycles. The van der Waals surface area contributed by atoms with Crippen LogP contribution in [-0.4, -0.2) is 18.5 Å². The number of hydrogen-bond donors (Lipinski definition) is 1. The maximum atomic E-state index is 12.0. The van der Waals surface area contributed by atoms with E-state index in [9.17, 15) is 9.59 Å². The van der Waals surface area contributed by atoms with Gasteiger partial charge < -0.3 is 14.8 Å². The van der Waals surface area contributed by atoms with E-state index in [2.05, 4.69) is 5.32 Å². The van der Waals surface area contributed by atoms with Gasteiger partial charge in [0.2, 0.25) is 12.7 Å². The van der Waals surface area contributed by atoms with Crippen LogP contribution in [0.5, 0.6) is 11.5 Å². The third kappa shape index (κ3) is 1.63. The Morgan fingerprint density at radius 1 is 1.33 bits per heavy atom. The highest BCUT2D eigenvalue weighted by Gasteiger charge is 2.30. The molecule has 0 saturated heterocycles. The average Bonchev–Trinajstić information content (AvgIpc) is 2.76. The smallest absolute Gasteiger partial charge is 0.231 e. The Morgan fingerprint density at radius 3 is 2.94 bits per heavy atom. The molecule has 0 unspecified atom stereocenters. The fourth-order valence-electron chi connectivity index (χ4n) is 2.51. The standard InChI is InChI=1S/C13H13NO4/c1-7(15)14-9-5-11-13(18-6-17-11)8-3-2-4-10(16)12(8)9/h5H,2-4,6H2,1H3,(H,14,15). The lowest BCUT2D eigenvalue weighted by molar-refractivity contribution is -0.114. The molecule has 1 aromatic rings. The molecule has 1 heterocycles. The Morgan fingerprint density at radius 2 is 2.17 bits per heavy atom. The molecule has 0 saturated carbocycles. The van der Waals surface area contributed by atoms with Crippen LogP contribution >= 0.6 is 0 Å². The minimum Gasteiger partial charge on any atom is -0.454 e. The molecule has 94 valence electrons. The maximum Gasteiger partial charge on any atom is 0.231 e. The van der Waals surface area contributed by atoms with Crippen LogP contribution in [0.4, 0.5) is 5.69 Å². The van der Waals surface area contributed by atoms with Gasteiger partial charge in [0.25, 0.3) is 0 Å². The van der Waals surface area contributed by atoms with Crippen molar-refractivity contribution in [2.24, 2.45) is 0 Å². The van der Waals surface area contributed by atoms with E-state index in [0.717, 1.165) is 18.4 Å². The summed E-state index contributed by atoms with van der Waals surface area (Å²) in [4.78, 5) is 23.3. The molecule has 18 heavy (non-hydrogen) atoms. The molecule has 1 N–H and O–H groups in total. The topological polar surface area (TPSA) is 64.6 Å². The van der Waals surface area contributed by atoms with Gasteiger partial charge in [-0.3, -0.25) is 9.59 Å². The van der Waals surface area contributed by atoms with Gasteiger partial charge >= 0.3 is 0 Å². The van der Waals surface area contributed by atoms with E-state index < -0.39 is 0 Å². The number of ether oxygens (including phenoxy) is 2. The number of ketones is 1. The monoisotopic (exact) mass is 247 g/mol. The molecule has 1 aliphatic heterocycles. The number of nitrogens with one attached hydrogen (secondary N) is 1. The van der Waals surface area contributed by atoms with Crippen molar-refractivity contribution in [1.29, 1.82) is 0 Å². The Kier molecular flexibility index (Phi) is 2.47. The van der Waals surface area contributed by atoms with Gasteiger partial charge in [0.05, 0.1) is 5.69 Å². The van der Waals surface area contributed by atoms with Crippen molar-refractivity contribution in [3.63, 3.8) is 0 Å². The number of rotatable bonds is 1. The molecule has 0 radical (unpaired) electrons. The summed E-state index contributed by atoms with van der Waals surface area (Å²) in [7, 11) is 0. The first-order chi connectivity index (χ1) is 8.66. The lowest BCUT2D eigenvalue weighted by atomic mass is 9.88. The molecule has 5 nitrogen and oxygen atoms in total. The highest BCUT2D eigenvalue weighted by atomic mass is 16.7. The summed E-state index contributed by atoms with van der Waals surface area (Å²) in [6, 6.07) is 1.67. The maximum absolute atomic E-state index is 12.0. The van der Waals surface area contributed by atoms with Crippen LogP contribution in [0, 0.1) is 0 Å². The molecule has 3 rings (SSSR count). The summed E-state index contributed by atoms with van der Waals surface area (Å²) in [6.07, 6.45) is 2.10. The second-order valence-electron chi connectivity index (χ2n) is 4.47. The van der Waals surface area contributed by atoms with E-state index in [0.29, 0.717) is 29.2 Å². The number of Topliss-reactive ketones (excluding diaryl/α,β-unsaturated/α-hetero) is 1. The molecule has 1 amide bonds. The quantitative estimate of drug-likeness (QED) is 0.823. The second kappa shape index (κ2) is 4.01. The van der Waals surface area contributed by atoms with E-state index in [1.807, 2.05) is 0 Å². The van der Waals surface area contributed by atoms with Crippen LogP contribution in [0.1, 0.15) is 35.7 Å². The van der Waals surface area contributed by atoms with E-state index in [4.69, 9.17) is 9.47 Å². The van der Waals surface area contributed by atoms with Gasteiger partial charge in [0, 0.05) is 30.5 Å². The van der Waals surface area contributed by atoms with Crippen LogP contribution in [-0.2, 0) is 11.2 Å². The first kappa shape index (κ1) is 11.1. The molecule has 2 aliphatic rings. The predicted molar refractivity (Wildman–Crippen MR) is 64.1 cm³/mol. The van der Waals surface area contributed by atoms with Gasteiger partial charge in [-0.2, -0.15) is 0 Å². The molecular formula is C13H13NO4.